The van der Waals surface area contributed by atoms with E-state index in [4.69, 9.17) is 4.99 Å². The van der Waals surface area contributed by atoms with E-state index in [1.54, 1.807) is 0 Å². The lowest BCUT2D eigenvalue weighted by Gasteiger charge is -2.47. The molecule has 0 atom stereocenters. The minimum atomic E-state index is 0. The summed E-state index contributed by atoms with van der Waals surface area (Å²) in [6.07, 6.45) is 9.63. The zero-order chi connectivity index (χ0) is 16.0. The van der Waals surface area contributed by atoms with Gasteiger partial charge in [-0.2, -0.15) is 11.8 Å². The van der Waals surface area contributed by atoms with E-state index in [1.165, 1.54) is 69.5 Å². The summed E-state index contributed by atoms with van der Waals surface area (Å²) in [6.45, 7) is 7.69. The van der Waals surface area contributed by atoms with Gasteiger partial charge in [0.25, 0.3) is 0 Å². The first-order chi connectivity index (χ1) is 11.3. The van der Waals surface area contributed by atoms with Gasteiger partial charge in [0, 0.05) is 43.2 Å². The summed E-state index contributed by atoms with van der Waals surface area (Å²) in [6, 6.07) is 0. The zero-order valence-corrected chi connectivity index (χ0v) is 18.3. The van der Waals surface area contributed by atoms with Gasteiger partial charge in [-0.1, -0.05) is 19.3 Å². The van der Waals surface area contributed by atoms with Crippen LogP contribution in [-0.2, 0) is 0 Å². The van der Waals surface area contributed by atoms with Crippen LogP contribution in [0.3, 0.4) is 0 Å². The monoisotopic (exact) mass is 466 g/mol. The standard InChI is InChI=1S/C18H34N4S.HI/c1-2-19-17(20-14-16-6-7-16)21-15-18(8-4-3-5-9-18)22-10-12-23-13-11-22;/h16H,2-15H2,1H3,(H2,19,20,21);1H. The van der Waals surface area contributed by atoms with Crippen molar-refractivity contribution in [2.45, 2.75) is 57.4 Å². The number of aliphatic imine (C=N–C) groups is 1. The van der Waals surface area contributed by atoms with Crippen molar-refractivity contribution >= 4 is 41.7 Å². The second-order valence-electron chi connectivity index (χ2n) is 7.40. The Labute approximate surface area is 169 Å². The fraction of sp³-hybridized carbons (Fsp3) is 0.944. The van der Waals surface area contributed by atoms with E-state index in [-0.39, 0.29) is 24.0 Å². The number of hydrogen-bond donors (Lipinski definition) is 2. The van der Waals surface area contributed by atoms with Gasteiger partial charge in [0.15, 0.2) is 5.96 Å². The van der Waals surface area contributed by atoms with Gasteiger partial charge in [-0.25, -0.2) is 0 Å². The molecule has 0 aromatic carbocycles. The van der Waals surface area contributed by atoms with Gasteiger partial charge in [0.1, 0.15) is 0 Å². The summed E-state index contributed by atoms with van der Waals surface area (Å²) in [7, 11) is 0. The lowest BCUT2D eigenvalue weighted by atomic mass is 9.80. The van der Waals surface area contributed by atoms with Crippen molar-refractivity contribution in [2.24, 2.45) is 10.9 Å². The van der Waals surface area contributed by atoms with E-state index in [1.807, 2.05) is 0 Å². The highest BCUT2D eigenvalue weighted by Gasteiger charge is 2.38. The van der Waals surface area contributed by atoms with Gasteiger partial charge in [0.05, 0.1) is 6.54 Å². The molecule has 140 valence electrons. The summed E-state index contributed by atoms with van der Waals surface area (Å²) in [5.74, 6) is 4.52. The topological polar surface area (TPSA) is 39.7 Å². The molecule has 0 aromatic heterocycles. The number of nitrogens with zero attached hydrogens (tertiary/aromatic N) is 2. The molecule has 1 aliphatic heterocycles. The van der Waals surface area contributed by atoms with Crippen LogP contribution in [0, 0.1) is 5.92 Å². The Bertz CT molecular complexity index is 388. The van der Waals surface area contributed by atoms with Crippen LogP contribution in [0.2, 0.25) is 0 Å². The maximum absolute atomic E-state index is 5.03. The molecule has 1 saturated heterocycles. The van der Waals surface area contributed by atoms with Crippen molar-refractivity contribution in [1.82, 2.24) is 15.5 Å². The van der Waals surface area contributed by atoms with Gasteiger partial charge >= 0.3 is 0 Å². The van der Waals surface area contributed by atoms with Crippen molar-refractivity contribution in [3.63, 3.8) is 0 Å². The molecule has 2 N–H and O–H groups in total. The van der Waals surface area contributed by atoms with E-state index in [9.17, 15) is 0 Å². The summed E-state index contributed by atoms with van der Waals surface area (Å²) >= 11 is 2.11. The molecule has 0 spiro atoms. The highest BCUT2D eigenvalue weighted by atomic mass is 127. The van der Waals surface area contributed by atoms with Crippen molar-refractivity contribution < 1.29 is 0 Å². The average Bonchev–Trinajstić information content (AvgIpc) is 3.43. The largest absolute Gasteiger partial charge is 0.357 e. The number of nitrogens with one attached hydrogen (secondary N) is 2. The SMILES string of the molecule is CCNC(=NCC1(N2CCSCC2)CCCCC1)NCC1CC1.I. The van der Waals surface area contributed by atoms with E-state index < -0.39 is 0 Å². The van der Waals surface area contributed by atoms with Crippen LogP contribution in [0.5, 0.6) is 0 Å². The molecule has 3 aliphatic rings. The molecule has 0 aromatic rings. The van der Waals surface area contributed by atoms with Gasteiger partial charge in [0.2, 0.25) is 0 Å². The molecule has 24 heavy (non-hydrogen) atoms. The number of hydrogen-bond acceptors (Lipinski definition) is 3. The van der Waals surface area contributed by atoms with Crippen LogP contribution in [0.1, 0.15) is 51.9 Å². The molecule has 0 radical (unpaired) electrons. The Morgan fingerprint density at radius 1 is 1.12 bits per heavy atom. The smallest absolute Gasteiger partial charge is 0.191 e. The first-order valence-electron chi connectivity index (χ1n) is 9.67. The molecule has 1 heterocycles. The molecule has 4 nitrogen and oxygen atoms in total. The van der Waals surface area contributed by atoms with Crippen LogP contribution in [-0.4, -0.2) is 60.6 Å². The summed E-state index contributed by atoms with van der Waals surface area (Å²) in [5, 5.41) is 7.00. The van der Waals surface area contributed by atoms with Gasteiger partial charge in [-0.15, -0.1) is 24.0 Å². The number of guanidine groups is 1. The van der Waals surface area contributed by atoms with Crippen molar-refractivity contribution in [1.29, 1.82) is 0 Å². The molecule has 3 fully saturated rings. The van der Waals surface area contributed by atoms with Crippen molar-refractivity contribution in [3.8, 4) is 0 Å². The normalized spacial score (nSPS) is 25.0. The number of thioether (sulfide) groups is 1. The summed E-state index contributed by atoms with van der Waals surface area (Å²) < 4.78 is 0. The Balaban J connectivity index is 0.00000208. The first-order valence-corrected chi connectivity index (χ1v) is 10.8. The lowest BCUT2D eigenvalue weighted by molar-refractivity contribution is 0.0672. The third-order valence-corrected chi connectivity index (χ3v) is 6.54. The van der Waals surface area contributed by atoms with E-state index in [2.05, 4.69) is 34.2 Å². The fourth-order valence-corrected chi connectivity index (χ4v) is 4.86. The molecule has 3 rings (SSSR count). The minimum absolute atomic E-state index is 0. The third kappa shape index (κ3) is 5.94. The van der Waals surface area contributed by atoms with Crippen molar-refractivity contribution in [2.75, 3.05) is 44.2 Å². The number of halogens is 1. The van der Waals surface area contributed by atoms with E-state index >= 15 is 0 Å². The van der Waals surface area contributed by atoms with Crippen LogP contribution >= 0.6 is 35.7 Å². The number of rotatable bonds is 6. The molecule has 0 bridgehead atoms. The molecule has 2 saturated carbocycles. The highest BCUT2D eigenvalue weighted by Crippen LogP contribution is 2.35. The Hall–Kier alpha value is 0.310. The molecular weight excluding hydrogens is 431 g/mol. The summed E-state index contributed by atoms with van der Waals surface area (Å²) in [4.78, 5) is 7.80. The van der Waals surface area contributed by atoms with Crippen LogP contribution < -0.4 is 10.6 Å². The molecule has 0 unspecified atom stereocenters. The van der Waals surface area contributed by atoms with Crippen LogP contribution in [0.25, 0.3) is 0 Å². The maximum atomic E-state index is 5.03. The minimum Gasteiger partial charge on any atom is -0.357 e. The molecular formula is C18H35IN4S. The predicted molar refractivity (Wildman–Crippen MR) is 117 cm³/mol. The highest BCUT2D eigenvalue weighted by molar-refractivity contribution is 14.0. The quantitative estimate of drug-likeness (QED) is 0.358. The Morgan fingerprint density at radius 3 is 2.46 bits per heavy atom. The van der Waals surface area contributed by atoms with Gasteiger partial charge < -0.3 is 10.6 Å². The molecule has 6 heteroatoms. The van der Waals surface area contributed by atoms with Gasteiger partial charge in [-0.05, 0) is 38.5 Å². The predicted octanol–water partition coefficient (Wildman–Crippen LogP) is 3.32. The average molecular weight is 466 g/mol. The van der Waals surface area contributed by atoms with Crippen LogP contribution in [0.15, 0.2) is 4.99 Å². The Kier molecular flexibility index (Phi) is 8.98. The molecule has 2 aliphatic carbocycles. The maximum Gasteiger partial charge on any atom is 0.191 e. The van der Waals surface area contributed by atoms with Crippen molar-refractivity contribution in [3.05, 3.63) is 0 Å². The van der Waals surface area contributed by atoms with E-state index in [0.717, 1.165) is 31.5 Å². The lowest BCUT2D eigenvalue weighted by Crippen LogP contribution is -2.55. The fourth-order valence-electron chi connectivity index (χ4n) is 3.95. The van der Waals surface area contributed by atoms with Crippen LogP contribution in [0.4, 0.5) is 0 Å². The summed E-state index contributed by atoms with van der Waals surface area (Å²) in [5.41, 5.74) is 0.334. The second kappa shape index (κ2) is 10.5. The second-order valence-corrected chi connectivity index (χ2v) is 8.63. The third-order valence-electron chi connectivity index (χ3n) is 5.60. The Morgan fingerprint density at radius 2 is 1.83 bits per heavy atom. The van der Waals surface area contributed by atoms with Gasteiger partial charge in [-0.3, -0.25) is 9.89 Å². The molecule has 0 amide bonds. The zero-order valence-electron chi connectivity index (χ0n) is 15.2. The van der Waals surface area contributed by atoms with E-state index in [0.29, 0.717) is 5.54 Å². The first kappa shape index (κ1) is 20.6.